The van der Waals surface area contributed by atoms with Crippen LogP contribution in [-0.4, -0.2) is 16.6 Å². The molecule has 0 saturated heterocycles. The number of nitrogens with two attached hydrogens (primary N) is 1. The molecular formula is C14H31NO2S. The van der Waals surface area contributed by atoms with Crippen LogP contribution in [-0.2, 0) is 4.84 Å². The van der Waals surface area contributed by atoms with Crippen LogP contribution < -0.4 is 5.90 Å². The van der Waals surface area contributed by atoms with Crippen molar-refractivity contribution in [2.75, 3.05) is 0 Å². The standard InChI is InChI=1S/C14H31NO2S/c1-2-3-4-5-6-7-8-9-10-11-12-13(18)14(16)17-15/h13-14,16,18H,2-12,15H2,1H3. The van der Waals surface area contributed by atoms with E-state index in [1.54, 1.807) is 0 Å². The summed E-state index contributed by atoms with van der Waals surface area (Å²) in [6, 6.07) is 0. The lowest BCUT2D eigenvalue weighted by Crippen LogP contribution is -2.27. The van der Waals surface area contributed by atoms with Crippen LogP contribution in [0, 0.1) is 0 Å². The van der Waals surface area contributed by atoms with Crippen LogP contribution >= 0.6 is 12.6 Å². The second-order valence-electron chi connectivity index (χ2n) is 5.06. The monoisotopic (exact) mass is 277 g/mol. The molecule has 110 valence electrons. The molecule has 2 unspecified atom stereocenters. The maximum atomic E-state index is 9.25. The van der Waals surface area contributed by atoms with Crippen molar-refractivity contribution in [1.29, 1.82) is 0 Å². The molecule has 3 nitrogen and oxygen atoms in total. The van der Waals surface area contributed by atoms with E-state index in [2.05, 4.69) is 24.4 Å². The van der Waals surface area contributed by atoms with E-state index in [0.29, 0.717) is 0 Å². The summed E-state index contributed by atoms with van der Waals surface area (Å²) < 4.78 is 0. The predicted molar refractivity (Wildman–Crippen MR) is 80.5 cm³/mol. The van der Waals surface area contributed by atoms with Crippen molar-refractivity contribution in [3.05, 3.63) is 0 Å². The maximum Gasteiger partial charge on any atom is 0.185 e. The molecule has 0 bridgehead atoms. The lowest BCUT2D eigenvalue weighted by molar-refractivity contribution is -0.102. The van der Waals surface area contributed by atoms with Crippen molar-refractivity contribution in [2.24, 2.45) is 5.90 Å². The number of rotatable bonds is 13. The van der Waals surface area contributed by atoms with Crippen molar-refractivity contribution in [1.82, 2.24) is 0 Å². The molecule has 0 saturated carbocycles. The Hall–Kier alpha value is 0.230. The summed E-state index contributed by atoms with van der Waals surface area (Å²) in [5, 5.41) is 9.08. The fourth-order valence-corrected chi connectivity index (χ4v) is 2.33. The van der Waals surface area contributed by atoms with Gasteiger partial charge in [0.2, 0.25) is 0 Å². The Kier molecular flexibility index (Phi) is 13.8. The van der Waals surface area contributed by atoms with Gasteiger partial charge in [-0.05, 0) is 6.42 Å². The molecule has 0 aromatic carbocycles. The molecule has 0 heterocycles. The van der Waals surface area contributed by atoms with E-state index in [0.717, 1.165) is 12.8 Å². The topological polar surface area (TPSA) is 55.5 Å². The molecular weight excluding hydrogens is 246 g/mol. The highest BCUT2D eigenvalue weighted by molar-refractivity contribution is 7.81. The average Bonchev–Trinajstić information content (AvgIpc) is 2.39. The molecule has 0 aliphatic rings. The SMILES string of the molecule is CCCCCCCCCCCCC(S)C(O)ON. The number of hydrogen-bond acceptors (Lipinski definition) is 4. The molecule has 18 heavy (non-hydrogen) atoms. The van der Waals surface area contributed by atoms with Crippen LogP contribution in [0.15, 0.2) is 0 Å². The van der Waals surface area contributed by atoms with E-state index in [-0.39, 0.29) is 5.25 Å². The lowest BCUT2D eigenvalue weighted by atomic mass is 10.1. The highest BCUT2D eigenvalue weighted by Gasteiger charge is 2.13. The largest absolute Gasteiger partial charge is 0.366 e. The average molecular weight is 277 g/mol. The fraction of sp³-hybridized carbons (Fsp3) is 1.00. The van der Waals surface area contributed by atoms with Crippen molar-refractivity contribution < 1.29 is 9.94 Å². The number of unbranched alkanes of at least 4 members (excludes halogenated alkanes) is 9. The summed E-state index contributed by atoms with van der Waals surface area (Å²) >= 11 is 4.24. The smallest absolute Gasteiger partial charge is 0.185 e. The van der Waals surface area contributed by atoms with Crippen molar-refractivity contribution >= 4 is 12.6 Å². The van der Waals surface area contributed by atoms with Gasteiger partial charge in [-0.2, -0.15) is 12.6 Å². The minimum absolute atomic E-state index is 0.163. The zero-order chi connectivity index (χ0) is 13.6. The number of aliphatic hydroxyl groups excluding tert-OH is 1. The molecule has 3 N–H and O–H groups in total. The van der Waals surface area contributed by atoms with Crippen LogP contribution in [0.2, 0.25) is 0 Å². The summed E-state index contributed by atoms with van der Waals surface area (Å²) in [6.07, 6.45) is 13.1. The van der Waals surface area contributed by atoms with Gasteiger partial charge in [-0.1, -0.05) is 71.1 Å². The number of hydrogen-bond donors (Lipinski definition) is 3. The first kappa shape index (κ1) is 18.2. The highest BCUT2D eigenvalue weighted by atomic mass is 32.1. The summed E-state index contributed by atoms with van der Waals surface area (Å²) in [4.78, 5) is 4.33. The van der Waals surface area contributed by atoms with E-state index < -0.39 is 6.29 Å². The predicted octanol–water partition coefficient (Wildman–Crippen LogP) is 3.80. The van der Waals surface area contributed by atoms with Crippen LogP contribution in [0.5, 0.6) is 0 Å². The first-order chi connectivity index (χ1) is 8.72. The van der Waals surface area contributed by atoms with E-state index in [9.17, 15) is 5.11 Å². The van der Waals surface area contributed by atoms with E-state index in [1.165, 1.54) is 57.8 Å². The van der Waals surface area contributed by atoms with Gasteiger partial charge in [0.05, 0.1) is 5.25 Å². The first-order valence-corrected chi connectivity index (χ1v) is 7.95. The third kappa shape index (κ3) is 11.3. The molecule has 0 rings (SSSR count). The van der Waals surface area contributed by atoms with E-state index in [4.69, 9.17) is 5.90 Å². The van der Waals surface area contributed by atoms with Gasteiger partial charge in [0.15, 0.2) is 6.29 Å². The molecule has 0 aliphatic carbocycles. The van der Waals surface area contributed by atoms with Gasteiger partial charge in [0, 0.05) is 0 Å². The van der Waals surface area contributed by atoms with Gasteiger partial charge < -0.3 is 5.11 Å². The Morgan fingerprint density at radius 2 is 1.39 bits per heavy atom. The Bertz CT molecular complexity index is 170. The third-order valence-electron chi connectivity index (χ3n) is 3.32. The fourth-order valence-electron chi connectivity index (χ4n) is 2.07. The Morgan fingerprint density at radius 1 is 0.944 bits per heavy atom. The molecule has 0 fully saturated rings. The molecule has 2 atom stereocenters. The molecule has 0 aromatic heterocycles. The number of thiol groups is 1. The Labute approximate surface area is 118 Å². The first-order valence-electron chi connectivity index (χ1n) is 7.44. The van der Waals surface area contributed by atoms with Gasteiger partial charge >= 0.3 is 0 Å². The molecule has 4 heteroatoms. The lowest BCUT2D eigenvalue weighted by Gasteiger charge is -2.15. The minimum Gasteiger partial charge on any atom is -0.366 e. The van der Waals surface area contributed by atoms with Crippen LogP contribution in [0.3, 0.4) is 0 Å². The van der Waals surface area contributed by atoms with Crippen LogP contribution in [0.25, 0.3) is 0 Å². The Balaban J connectivity index is 3.11. The van der Waals surface area contributed by atoms with E-state index in [1.807, 2.05) is 0 Å². The highest BCUT2D eigenvalue weighted by Crippen LogP contribution is 2.15. The third-order valence-corrected chi connectivity index (χ3v) is 3.84. The van der Waals surface area contributed by atoms with Crippen molar-refractivity contribution in [3.8, 4) is 0 Å². The molecule has 0 aromatic rings. The Morgan fingerprint density at radius 3 is 1.83 bits per heavy atom. The molecule has 0 amide bonds. The van der Waals surface area contributed by atoms with Crippen molar-refractivity contribution in [2.45, 2.75) is 89.1 Å². The summed E-state index contributed by atoms with van der Waals surface area (Å²) in [5.41, 5.74) is 0. The summed E-state index contributed by atoms with van der Waals surface area (Å²) in [7, 11) is 0. The van der Waals surface area contributed by atoms with Gasteiger partial charge in [-0.25, -0.2) is 5.90 Å². The zero-order valence-corrected chi connectivity index (χ0v) is 12.7. The second-order valence-corrected chi connectivity index (χ2v) is 5.73. The van der Waals surface area contributed by atoms with E-state index >= 15 is 0 Å². The van der Waals surface area contributed by atoms with Gasteiger partial charge in [-0.3, -0.25) is 4.84 Å². The van der Waals surface area contributed by atoms with Crippen LogP contribution in [0.1, 0.15) is 77.6 Å². The molecule has 0 aliphatic heterocycles. The second kappa shape index (κ2) is 13.7. The van der Waals surface area contributed by atoms with Crippen molar-refractivity contribution in [3.63, 3.8) is 0 Å². The van der Waals surface area contributed by atoms with Gasteiger partial charge in [-0.15, -0.1) is 0 Å². The summed E-state index contributed by atoms with van der Waals surface area (Å²) in [5.74, 6) is 4.89. The minimum atomic E-state index is -0.938. The van der Waals surface area contributed by atoms with Crippen LogP contribution in [0.4, 0.5) is 0 Å². The normalized spacial score (nSPS) is 14.7. The molecule has 0 radical (unpaired) electrons. The number of aliphatic hydroxyl groups is 1. The van der Waals surface area contributed by atoms with Gasteiger partial charge in [0.1, 0.15) is 0 Å². The summed E-state index contributed by atoms with van der Waals surface area (Å²) in [6.45, 7) is 2.25. The van der Waals surface area contributed by atoms with Gasteiger partial charge in [0.25, 0.3) is 0 Å². The maximum absolute atomic E-state index is 9.25. The zero-order valence-electron chi connectivity index (χ0n) is 11.8. The molecule has 0 spiro atoms. The quantitative estimate of drug-likeness (QED) is 0.208.